The lowest BCUT2D eigenvalue weighted by Gasteiger charge is -2.10. The molecule has 0 spiro atoms. The van der Waals surface area contributed by atoms with Gasteiger partial charge in [-0.15, -0.1) is 0 Å². The van der Waals surface area contributed by atoms with Gasteiger partial charge in [0.25, 0.3) is 5.91 Å². The summed E-state index contributed by atoms with van der Waals surface area (Å²) in [5, 5.41) is 5.73. The Morgan fingerprint density at radius 3 is 2.42 bits per heavy atom. The minimum Gasteiger partial charge on any atom is -0.339 e. The molecule has 0 saturated heterocycles. The zero-order valence-electron chi connectivity index (χ0n) is 11.0. The molecule has 0 atom stereocenters. The average molecular weight is 254 g/mol. The Balaban J connectivity index is 2.19. The normalized spacial score (nSPS) is 10.2. The quantitative estimate of drug-likeness (QED) is 0.803. The van der Waals surface area contributed by atoms with Crippen LogP contribution in [0.3, 0.4) is 0 Å². The summed E-state index contributed by atoms with van der Waals surface area (Å²) < 4.78 is 0. The van der Waals surface area contributed by atoms with E-state index in [0.29, 0.717) is 6.67 Å². The molecule has 0 aromatic heterocycles. The smallest absolute Gasteiger partial charge is 0.252 e. The summed E-state index contributed by atoms with van der Waals surface area (Å²) in [6.45, 7) is 0.471. The molecule has 0 unspecified atom stereocenters. The summed E-state index contributed by atoms with van der Waals surface area (Å²) in [6.07, 6.45) is 0.768. The second-order valence-corrected chi connectivity index (χ2v) is 4.36. The number of carbonyl (C=O) groups is 1. The lowest BCUT2D eigenvalue weighted by Crippen LogP contribution is -2.32. The van der Waals surface area contributed by atoms with Gasteiger partial charge in [0.1, 0.15) is 0 Å². The molecule has 1 amide bonds. The van der Waals surface area contributed by atoms with Gasteiger partial charge in [-0.25, -0.2) is 0 Å². The molecule has 0 aliphatic heterocycles. The van der Waals surface area contributed by atoms with Crippen LogP contribution in [0.25, 0.3) is 0 Å². The highest BCUT2D eigenvalue weighted by molar-refractivity contribution is 5.95. The van der Waals surface area contributed by atoms with Gasteiger partial charge in [0, 0.05) is 5.56 Å². The molecule has 2 N–H and O–H groups in total. The van der Waals surface area contributed by atoms with Gasteiger partial charge in [-0.2, -0.15) is 0 Å². The lowest BCUT2D eigenvalue weighted by atomic mass is 9.99. The van der Waals surface area contributed by atoms with Gasteiger partial charge in [0.15, 0.2) is 0 Å². The third-order valence-corrected chi connectivity index (χ3v) is 2.93. The van der Waals surface area contributed by atoms with Crippen LogP contribution in [-0.4, -0.2) is 19.6 Å². The minimum atomic E-state index is -0.0409. The average Bonchev–Trinajstić information content (AvgIpc) is 2.46. The topological polar surface area (TPSA) is 41.1 Å². The molecule has 2 rings (SSSR count). The van der Waals surface area contributed by atoms with Crippen molar-refractivity contribution < 1.29 is 4.79 Å². The van der Waals surface area contributed by atoms with Crippen LogP contribution in [0.15, 0.2) is 54.6 Å². The summed E-state index contributed by atoms with van der Waals surface area (Å²) in [5.74, 6) is -0.0409. The van der Waals surface area contributed by atoms with Gasteiger partial charge in [0.05, 0.1) is 6.67 Å². The van der Waals surface area contributed by atoms with Crippen molar-refractivity contribution in [3.8, 4) is 0 Å². The number of amides is 1. The van der Waals surface area contributed by atoms with Crippen LogP contribution in [0.4, 0.5) is 0 Å². The van der Waals surface area contributed by atoms with E-state index in [1.165, 1.54) is 5.56 Å². The molecule has 2 aromatic carbocycles. The predicted molar refractivity (Wildman–Crippen MR) is 77.1 cm³/mol. The molecular weight excluding hydrogens is 236 g/mol. The SMILES string of the molecule is CNCNC(=O)c1ccccc1Cc1ccccc1. The first-order valence-corrected chi connectivity index (χ1v) is 6.36. The van der Waals surface area contributed by atoms with Crippen LogP contribution in [-0.2, 0) is 6.42 Å². The maximum absolute atomic E-state index is 12.1. The molecule has 2 aromatic rings. The van der Waals surface area contributed by atoms with E-state index in [0.717, 1.165) is 17.5 Å². The molecule has 3 heteroatoms. The highest BCUT2D eigenvalue weighted by Crippen LogP contribution is 2.14. The molecule has 0 aliphatic rings. The van der Waals surface area contributed by atoms with Gasteiger partial charge >= 0.3 is 0 Å². The van der Waals surface area contributed by atoms with Crippen molar-refractivity contribution in [3.05, 3.63) is 71.3 Å². The number of hydrogen-bond acceptors (Lipinski definition) is 2. The third-order valence-electron chi connectivity index (χ3n) is 2.93. The first-order chi connectivity index (χ1) is 9.31. The fraction of sp³-hybridized carbons (Fsp3) is 0.188. The number of nitrogens with one attached hydrogen (secondary N) is 2. The van der Waals surface area contributed by atoms with Gasteiger partial charge in [-0.05, 0) is 30.7 Å². The molecule has 0 saturated carbocycles. The molecule has 98 valence electrons. The van der Waals surface area contributed by atoms with Gasteiger partial charge in [-0.3, -0.25) is 4.79 Å². The van der Waals surface area contributed by atoms with Crippen molar-refractivity contribution in [2.24, 2.45) is 0 Å². The molecule has 0 heterocycles. The summed E-state index contributed by atoms with van der Waals surface area (Å²) in [6, 6.07) is 17.9. The molecule has 0 radical (unpaired) electrons. The Hall–Kier alpha value is -2.13. The third kappa shape index (κ3) is 3.66. The molecule has 0 bridgehead atoms. The van der Waals surface area contributed by atoms with Crippen molar-refractivity contribution in [1.82, 2.24) is 10.6 Å². The number of benzene rings is 2. The summed E-state index contributed by atoms with van der Waals surface area (Å²) in [5.41, 5.74) is 2.99. The van der Waals surface area contributed by atoms with Gasteiger partial charge < -0.3 is 10.6 Å². The molecule has 0 aliphatic carbocycles. The maximum atomic E-state index is 12.1. The van der Waals surface area contributed by atoms with Crippen molar-refractivity contribution in [3.63, 3.8) is 0 Å². The van der Waals surface area contributed by atoms with Crippen LogP contribution in [0.2, 0.25) is 0 Å². The Labute approximate surface area is 113 Å². The van der Waals surface area contributed by atoms with Gasteiger partial charge in [-0.1, -0.05) is 48.5 Å². The Morgan fingerprint density at radius 1 is 1.00 bits per heavy atom. The molecular formula is C16H18N2O. The maximum Gasteiger partial charge on any atom is 0.252 e. The number of rotatable bonds is 5. The Bertz CT molecular complexity index is 537. The fourth-order valence-electron chi connectivity index (χ4n) is 1.98. The van der Waals surface area contributed by atoms with E-state index in [9.17, 15) is 4.79 Å². The van der Waals surface area contributed by atoms with Crippen molar-refractivity contribution in [2.45, 2.75) is 6.42 Å². The van der Waals surface area contributed by atoms with E-state index in [4.69, 9.17) is 0 Å². The van der Waals surface area contributed by atoms with Crippen LogP contribution >= 0.6 is 0 Å². The van der Waals surface area contributed by atoms with E-state index < -0.39 is 0 Å². The fourth-order valence-corrected chi connectivity index (χ4v) is 1.98. The van der Waals surface area contributed by atoms with Crippen molar-refractivity contribution >= 4 is 5.91 Å². The predicted octanol–water partition coefficient (Wildman–Crippen LogP) is 2.18. The number of hydrogen-bond donors (Lipinski definition) is 2. The van der Waals surface area contributed by atoms with Crippen molar-refractivity contribution in [1.29, 1.82) is 0 Å². The number of carbonyl (C=O) groups excluding carboxylic acids is 1. The van der Waals surface area contributed by atoms with Crippen LogP contribution in [0, 0.1) is 0 Å². The van der Waals surface area contributed by atoms with Crippen molar-refractivity contribution in [2.75, 3.05) is 13.7 Å². The zero-order chi connectivity index (χ0) is 13.5. The molecule has 0 fully saturated rings. The Kier molecular flexibility index (Phi) is 4.70. The summed E-state index contributed by atoms with van der Waals surface area (Å²) in [4.78, 5) is 12.1. The summed E-state index contributed by atoms with van der Waals surface area (Å²) >= 11 is 0. The van der Waals surface area contributed by atoms with E-state index in [1.807, 2.05) is 42.5 Å². The largest absolute Gasteiger partial charge is 0.339 e. The van der Waals surface area contributed by atoms with Crippen LogP contribution in [0.1, 0.15) is 21.5 Å². The highest BCUT2D eigenvalue weighted by Gasteiger charge is 2.10. The van der Waals surface area contributed by atoms with Crippen LogP contribution in [0.5, 0.6) is 0 Å². The van der Waals surface area contributed by atoms with Crippen LogP contribution < -0.4 is 10.6 Å². The summed E-state index contributed by atoms with van der Waals surface area (Å²) in [7, 11) is 1.80. The minimum absolute atomic E-state index is 0.0409. The first-order valence-electron chi connectivity index (χ1n) is 6.36. The second kappa shape index (κ2) is 6.71. The molecule has 19 heavy (non-hydrogen) atoms. The molecule has 3 nitrogen and oxygen atoms in total. The van der Waals surface area contributed by atoms with Gasteiger partial charge in [0.2, 0.25) is 0 Å². The first kappa shape index (κ1) is 13.3. The second-order valence-electron chi connectivity index (χ2n) is 4.36. The lowest BCUT2D eigenvalue weighted by molar-refractivity contribution is 0.0950. The van der Waals surface area contributed by atoms with E-state index >= 15 is 0 Å². The highest BCUT2D eigenvalue weighted by atomic mass is 16.1. The zero-order valence-corrected chi connectivity index (χ0v) is 11.0. The standard InChI is InChI=1S/C16H18N2O/c1-17-12-18-16(19)15-10-6-5-9-14(15)11-13-7-3-2-4-8-13/h2-10,17H,11-12H2,1H3,(H,18,19). The Morgan fingerprint density at radius 2 is 1.68 bits per heavy atom. The van der Waals surface area contributed by atoms with E-state index in [2.05, 4.69) is 22.8 Å². The monoisotopic (exact) mass is 254 g/mol. The van der Waals surface area contributed by atoms with E-state index in [-0.39, 0.29) is 5.91 Å². The van der Waals surface area contributed by atoms with E-state index in [1.54, 1.807) is 7.05 Å².